The fourth-order valence-corrected chi connectivity index (χ4v) is 5.77. The number of fused-ring (bicyclic) bond motifs is 1. The van der Waals surface area contributed by atoms with E-state index in [2.05, 4.69) is 0 Å². The molecule has 2 aromatic carbocycles. The molecule has 0 radical (unpaired) electrons. The Balaban J connectivity index is 1.38. The molecule has 0 amide bonds. The van der Waals surface area contributed by atoms with Crippen LogP contribution in [0, 0.1) is 11.8 Å². The third-order valence-corrected chi connectivity index (χ3v) is 7.70. The number of aliphatic hydroxyl groups excluding tert-OH is 2. The topological polar surface area (TPSA) is 135 Å². The lowest BCUT2D eigenvalue weighted by atomic mass is 9.84. The van der Waals surface area contributed by atoms with Crippen LogP contribution in [0.5, 0.6) is 34.5 Å². The van der Waals surface area contributed by atoms with E-state index in [-0.39, 0.29) is 42.8 Å². The Morgan fingerprint density at radius 2 is 1.26 bits per heavy atom. The number of benzene rings is 2. The van der Waals surface area contributed by atoms with Crippen molar-refractivity contribution in [3.8, 4) is 34.5 Å². The Hall–Kier alpha value is -2.96. The van der Waals surface area contributed by atoms with Gasteiger partial charge < -0.3 is 53.2 Å². The molecule has 3 aliphatic heterocycles. The molecule has 0 aliphatic carbocycles. The molecule has 0 aromatic heterocycles. The molecule has 39 heavy (non-hydrogen) atoms. The van der Waals surface area contributed by atoms with Gasteiger partial charge in [0, 0.05) is 24.7 Å². The van der Waals surface area contributed by atoms with Crippen LogP contribution in [0.25, 0.3) is 0 Å². The van der Waals surface area contributed by atoms with E-state index in [1.165, 1.54) is 28.4 Å². The van der Waals surface area contributed by atoms with Crippen LogP contribution in [0.4, 0.5) is 0 Å². The number of phenolic OH excluding ortho intramolecular Hbond substituents is 1. The maximum Gasteiger partial charge on any atom is 0.206 e. The van der Waals surface area contributed by atoms with Crippen LogP contribution in [0.1, 0.15) is 36.2 Å². The van der Waals surface area contributed by atoms with Gasteiger partial charge in [0.15, 0.2) is 23.0 Å². The summed E-state index contributed by atoms with van der Waals surface area (Å²) in [6, 6.07) is 7.24. The fraction of sp³-hybridized carbons (Fsp3) is 0.571. The van der Waals surface area contributed by atoms with E-state index in [9.17, 15) is 15.3 Å². The van der Waals surface area contributed by atoms with Gasteiger partial charge in [0.1, 0.15) is 0 Å². The number of phenols is 1. The van der Waals surface area contributed by atoms with Crippen molar-refractivity contribution in [2.45, 2.75) is 43.5 Å². The number of hydrogen-bond acceptors (Lipinski definition) is 11. The summed E-state index contributed by atoms with van der Waals surface area (Å²) in [5, 5.41) is 30.0. The Labute approximate surface area is 227 Å². The first-order chi connectivity index (χ1) is 18.9. The first-order valence-corrected chi connectivity index (χ1v) is 13.0. The highest BCUT2D eigenvalue weighted by molar-refractivity contribution is 5.55. The second kappa shape index (κ2) is 11.6. The Morgan fingerprint density at radius 1 is 0.769 bits per heavy atom. The lowest BCUT2D eigenvalue weighted by Crippen LogP contribution is -2.40. The van der Waals surface area contributed by atoms with Crippen molar-refractivity contribution in [2.24, 2.45) is 11.8 Å². The Morgan fingerprint density at radius 3 is 1.72 bits per heavy atom. The number of rotatable bonds is 9. The van der Waals surface area contributed by atoms with Crippen molar-refractivity contribution >= 4 is 0 Å². The average molecular weight is 549 g/mol. The molecular formula is C28H36O11. The number of aliphatic hydroxyl groups is 2. The molecule has 3 heterocycles. The van der Waals surface area contributed by atoms with Crippen molar-refractivity contribution < 1.29 is 53.2 Å². The third-order valence-electron chi connectivity index (χ3n) is 7.70. The van der Waals surface area contributed by atoms with Crippen molar-refractivity contribution in [3.05, 3.63) is 35.4 Å². The van der Waals surface area contributed by atoms with E-state index in [0.717, 1.165) is 11.1 Å². The van der Waals surface area contributed by atoms with E-state index < -0.39 is 18.5 Å². The van der Waals surface area contributed by atoms with E-state index in [4.69, 9.17) is 37.9 Å². The zero-order valence-electron chi connectivity index (χ0n) is 22.5. The van der Waals surface area contributed by atoms with Crippen molar-refractivity contribution in [1.29, 1.82) is 0 Å². The standard InChI is InChI=1S/C28H36O11/c1-32-20-5-14(6-21(33-2)25(20)31)26-18-12-37-27(19(18)13-36-26)15-7-22(34-3)28(23(8-15)35-4)39-24-10-16(30)9-17(11-29)38-24/h5-8,16-19,24,26-27,29-31H,9-13H2,1-4H3/t16-,17-,18?,19?,24?,26?,27?/m0/s1. The van der Waals surface area contributed by atoms with Gasteiger partial charge in [0.05, 0.1) is 72.7 Å². The quantitative estimate of drug-likeness (QED) is 0.427. The van der Waals surface area contributed by atoms with Gasteiger partial charge in [0.25, 0.3) is 0 Å². The fourth-order valence-electron chi connectivity index (χ4n) is 5.77. The van der Waals surface area contributed by atoms with Gasteiger partial charge in [-0.05, 0) is 35.4 Å². The molecule has 214 valence electrons. The largest absolute Gasteiger partial charge is 0.502 e. The smallest absolute Gasteiger partial charge is 0.206 e. The number of ether oxygens (including phenoxy) is 8. The van der Waals surface area contributed by atoms with Gasteiger partial charge in [-0.1, -0.05) is 0 Å². The lowest BCUT2D eigenvalue weighted by molar-refractivity contribution is -0.185. The molecule has 2 aromatic rings. The van der Waals surface area contributed by atoms with Crippen LogP contribution in [-0.4, -0.2) is 82.1 Å². The second-order valence-corrected chi connectivity index (χ2v) is 9.98. The molecule has 0 spiro atoms. The number of hydrogen-bond donors (Lipinski definition) is 3. The highest BCUT2D eigenvalue weighted by Crippen LogP contribution is 2.53. The average Bonchev–Trinajstić information content (AvgIpc) is 3.55. The zero-order valence-corrected chi connectivity index (χ0v) is 22.5. The first-order valence-electron chi connectivity index (χ1n) is 13.0. The number of aromatic hydroxyl groups is 1. The monoisotopic (exact) mass is 548 g/mol. The summed E-state index contributed by atoms with van der Waals surface area (Å²) in [6.07, 6.45) is -1.86. The van der Waals surface area contributed by atoms with Gasteiger partial charge in [-0.25, -0.2) is 0 Å². The SMILES string of the molecule is COc1cc(C2OCC3C(c4cc(OC)c(OC5C[C@@H](O)C[C@@H](CO)O5)c(OC)c4)OCC23)cc(OC)c1O. The predicted octanol–water partition coefficient (Wildman–Crippen LogP) is 2.74. The minimum Gasteiger partial charge on any atom is -0.502 e. The van der Waals surface area contributed by atoms with Crippen LogP contribution in [0.3, 0.4) is 0 Å². The van der Waals surface area contributed by atoms with Crippen LogP contribution in [0.2, 0.25) is 0 Å². The summed E-state index contributed by atoms with van der Waals surface area (Å²) < 4.78 is 46.4. The van der Waals surface area contributed by atoms with Gasteiger partial charge >= 0.3 is 0 Å². The first kappa shape index (κ1) is 27.6. The number of methoxy groups -OCH3 is 4. The minimum atomic E-state index is -0.769. The maximum atomic E-state index is 10.3. The molecule has 5 unspecified atom stereocenters. The minimum absolute atomic E-state index is 0.0552. The van der Waals surface area contributed by atoms with Gasteiger partial charge in [-0.3, -0.25) is 0 Å². The summed E-state index contributed by atoms with van der Waals surface area (Å²) >= 11 is 0. The molecule has 5 rings (SSSR count). The molecule has 3 aliphatic rings. The molecule has 3 fully saturated rings. The summed E-state index contributed by atoms with van der Waals surface area (Å²) in [4.78, 5) is 0. The molecule has 7 atom stereocenters. The normalized spacial score (nSPS) is 30.1. The van der Waals surface area contributed by atoms with Crippen molar-refractivity contribution in [3.63, 3.8) is 0 Å². The van der Waals surface area contributed by atoms with E-state index in [0.29, 0.717) is 48.4 Å². The summed E-state index contributed by atoms with van der Waals surface area (Å²) in [6.45, 7) is 0.744. The highest BCUT2D eigenvalue weighted by atomic mass is 16.7. The lowest BCUT2D eigenvalue weighted by Gasteiger charge is -2.33. The Bertz CT molecular complexity index is 1100. The molecule has 0 saturated carbocycles. The summed E-state index contributed by atoms with van der Waals surface area (Å²) in [7, 11) is 6.06. The molecular weight excluding hydrogens is 512 g/mol. The van der Waals surface area contributed by atoms with E-state index >= 15 is 0 Å². The predicted molar refractivity (Wildman–Crippen MR) is 137 cm³/mol. The summed E-state index contributed by atoms with van der Waals surface area (Å²) in [5.74, 6) is 1.92. The Kier molecular flexibility index (Phi) is 8.24. The van der Waals surface area contributed by atoms with Crippen molar-refractivity contribution in [2.75, 3.05) is 48.3 Å². The van der Waals surface area contributed by atoms with E-state index in [1.54, 1.807) is 12.1 Å². The molecule has 0 bridgehead atoms. The van der Waals surface area contributed by atoms with E-state index in [1.807, 2.05) is 12.1 Å². The van der Waals surface area contributed by atoms with Crippen molar-refractivity contribution in [1.82, 2.24) is 0 Å². The molecule has 3 saturated heterocycles. The van der Waals surface area contributed by atoms with Crippen LogP contribution < -0.4 is 23.7 Å². The van der Waals surface area contributed by atoms with Gasteiger partial charge in [0.2, 0.25) is 17.8 Å². The van der Waals surface area contributed by atoms with Crippen LogP contribution >= 0.6 is 0 Å². The van der Waals surface area contributed by atoms with Crippen LogP contribution in [-0.2, 0) is 14.2 Å². The molecule has 11 heteroatoms. The zero-order chi connectivity index (χ0) is 27.7. The highest BCUT2D eigenvalue weighted by Gasteiger charge is 2.49. The molecule has 11 nitrogen and oxygen atoms in total. The third kappa shape index (κ3) is 5.29. The molecule has 3 N–H and O–H groups in total. The maximum absolute atomic E-state index is 10.3. The van der Waals surface area contributed by atoms with Gasteiger partial charge in [-0.15, -0.1) is 0 Å². The summed E-state index contributed by atoms with van der Waals surface area (Å²) in [5.41, 5.74) is 1.69. The second-order valence-electron chi connectivity index (χ2n) is 9.98. The van der Waals surface area contributed by atoms with Gasteiger partial charge in [-0.2, -0.15) is 0 Å². The van der Waals surface area contributed by atoms with Crippen LogP contribution in [0.15, 0.2) is 24.3 Å².